The zero-order valence-corrected chi connectivity index (χ0v) is 18.0. The Morgan fingerprint density at radius 1 is 1.18 bits per heavy atom. The number of imide groups is 1. The zero-order valence-electron chi connectivity index (χ0n) is 18.0. The maximum Gasteiger partial charge on any atom is 0.325 e. The fourth-order valence-electron chi connectivity index (χ4n) is 5.51. The first-order valence-corrected chi connectivity index (χ1v) is 11.1. The molecule has 1 spiro atoms. The predicted molar refractivity (Wildman–Crippen MR) is 113 cm³/mol. The van der Waals surface area contributed by atoms with E-state index in [1.54, 1.807) is 17.0 Å². The van der Waals surface area contributed by atoms with Crippen molar-refractivity contribution in [2.24, 2.45) is 0 Å². The van der Waals surface area contributed by atoms with Crippen molar-refractivity contribution in [3.63, 3.8) is 0 Å². The van der Waals surface area contributed by atoms with Crippen LogP contribution in [0.2, 0.25) is 0 Å². The van der Waals surface area contributed by atoms with Gasteiger partial charge < -0.3 is 10.2 Å². The average molecular weight is 457 g/mol. The molecule has 0 unspecified atom stereocenters. The lowest BCUT2D eigenvalue weighted by Gasteiger charge is -2.39. The summed E-state index contributed by atoms with van der Waals surface area (Å²) in [6.45, 7) is -0.0539. The number of rotatable bonds is 3. The Kier molecular flexibility index (Phi) is 4.14. The molecule has 10 heteroatoms. The van der Waals surface area contributed by atoms with Gasteiger partial charge in [-0.05, 0) is 42.9 Å². The molecule has 1 aromatic heterocycles. The van der Waals surface area contributed by atoms with Gasteiger partial charge in [-0.2, -0.15) is 8.78 Å². The van der Waals surface area contributed by atoms with E-state index in [4.69, 9.17) is 0 Å². The van der Waals surface area contributed by atoms with Crippen molar-refractivity contribution in [3.8, 4) is 11.3 Å². The number of anilines is 1. The number of hydrogen-bond acceptors (Lipinski definition) is 5. The van der Waals surface area contributed by atoms with E-state index in [0.717, 1.165) is 16.0 Å². The van der Waals surface area contributed by atoms with Crippen molar-refractivity contribution in [2.45, 2.75) is 49.6 Å². The highest BCUT2D eigenvalue weighted by Crippen LogP contribution is 2.47. The summed E-state index contributed by atoms with van der Waals surface area (Å²) in [5.41, 5.74) is 1.76. The lowest BCUT2D eigenvalue weighted by atomic mass is 9.90. The second-order valence-electron chi connectivity index (χ2n) is 9.27. The molecule has 2 saturated heterocycles. The van der Waals surface area contributed by atoms with E-state index in [1.165, 1.54) is 7.05 Å². The topological polar surface area (TPSA) is 78.4 Å². The van der Waals surface area contributed by atoms with Gasteiger partial charge in [-0.1, -0.05) is 12.1 Å². The molecule has 3 amide bonds. The third kappa shape index (κ3) is 2.69. The molecule has 4 aliphatic rings. The maximum absolute atomic E-state index is 14.6. The number of carbonyl (C=O) groups excluding carboxylic acids is 2. The number of aromatic nitrogens is 2. The fraction of sp³-hybridized carbons (Fsp3) is 0.478. The molecule has 0 saturated carbocycles. The molecule has 2 fully saturated rings. The Morgan fingerprint density at radius 2 is 2.00 bits per heavy atom. The average Bonchev–Trinajstić information content (AvgIpc) is 3.36. The number of alkyl halides is 3. The summed E-state index contributed by atoms with van der Waals surface area (Å²) in [6.07, 6.45) is 1.47. The van der Waals surface area contributed by atoms with Crippen molar-refractivity contribution in [1.29, 1.82) is 0 Å². The summed E-state index contributed by atoms with van der Waals surface area (Å²) < 4.78 is 42.6. The number of fused-ring (bicyclic) bond motifs is 3. The molecule has 7 nitrogen and oxygen atoms in total. The van der Waals surface area contributed by atoms with Gasteiger partial charge in [0.05, 0.1) is 11.7 Å². The molecule has 6 rings (SSSR count). The number of hydrogen-bond donors (Lipinski definition) is 1. The summed E-state index contributed by atoms with van der Waals surface area (Å²) in [5.74, 6) is -3.21. The van der Waals surface area contributed by atoms with Crippen LogP contribution in [0.15, 0.2) is 18.2 Å². The molecule has 33 heavy (non-hydrogen) atoms. The fourth-order valence-corrected chi connectivity index (χ4v) is 5.51. The first-order valence-electron chi connectivity index (χ1n) is 11.1. The van der Waals surface area contributed by atoms with Gasteiger partial charge in [0.1, 0.15) is 17.9 Å². The number of urea groups is 1. The summed E-state index contributed by atoms with van der Waals surface area (Å²) in [7, 11) is 1.45. The van der Waals surface area contributed by atoms with Crippen LogP contribution in [0.4, 0.5) is 23.9 Å². The van der Waals surface area contributed by atoms with Crippen LogP contribution in [0.25, 0.3) is 11.3 Å². The molecule has 3 heterocycles. The molecule has 2 atom stereocenters. The van der Waals surface area contributed by atoms with Crippen LogP contribution in [0, 0.1) is 0 Å². The highest BCUT2D eigenvalue weighted by Gasteiger charge is 2.54. The predicted octanol–water partition coefficient (Wildman–Crippen LogP) is 3.05. The third-order valence-corrected chi connectivity index (χ3v) is 7.51. The van der Waals surface area contributed by atoms with Gasteiger partial charge in [0.15, 0.2) is 0 Å². The minimum Gasteiger partial charge on any atom is -0.335 e. The quantitative estimate of drug-likeness (QED) is 0.717. The van der Waals surface area contributed by atoms with Crippen LogP contribution in [0.3, 0.4) is 0 Å². The lowest BCUT2D eigenvalue weighted by molar-refractivity contribution is -0.130. The molecule has 2 aromatic rings. The number of likely N-dealkylation sites (N-methyl/N-ethyl adjacent to an activating group) is 1. The number of nitrogens with zero attached hydrogens (tertiary/aromatic N) is 4. The van der Waals surface area contributed by atoms with Crippen LogP contribution < -0.4 is 10.2 Å². The first-order chi connectivity index (χ1) is 15.7. The summed E-state index contributed by atoms with van der Waals surface area (Å²) >= 11 is 0. The lowest BCUT2D eigenvalue weighted by Crippen LogP contribution is -2.50. The van der Waals surface area contributed by atoms with E-state index >= 15 is 0 Å². The molecule has 0 bridgehead atoms. The zero-order chi connectivity index (χ0) is 23.1. The second-order valence-corrected chi connectivity index (χ2v) is 9.27. The smallest absolute Gasteiger partial charge is 0.325 e. The number of carbonyl (C=O) groups is 2. The highest BCUT2D eigenvalue weighted by molar-refractivity contribution is 6.07. The largest absolute Gasteiger partial charge is 0.335 e. The van der Waals surface area contributed by atoms with Gasteiger partial charge in [-0.25, -0.2) is 19.2 Å². The first kappa shape index (κ1) is 20.4. The minimum atomic E-state index is -3.05. The molecular weight excluding hydrogens is 435 g/mol. The van der Waals surface area contributed by atoms with Crippen LogP contribution >= 0.6 is 0 Å². The van der Waals surface area contributed by atoms with Crippen molar-refractivity contribution >= 4 is 17.9 Å². The van der Waals surface area contributed by atoms with Crippen LogP contribution in [-0.4, -0.2) is 53.1 Å². The molecule has 2 aliphatic heterocycles. The molecule has 0 radical (unpaired) electrons. The summed E-state index contributed by atoms with van der Waals surface area (Å²) in [4.78, 5) is 36.4. The second kappa shape index (κ2) is 6.68. The van der Waals surface area contributed by atoms with Crippen LogP contribution in [0.1, 0.15) is 41.6 Å². The van der Waals surface area contributed by atoms with Gasteiger partial charge in [0.2, 0.25) is 5.95 Å². The van der Waals surface area contributed by atoms with Crippen molar-refractivity contribution in [3.05, 3.63) is 40.6 Å². The Labute approximate surface area is 188 Å². The van der Waals surface area contributed by atoms with Gasteiger partial charge >= 0.3 is 6.03 Å². The van der Waals surface area contributed by atoms with Gasteiger partial charge in [-0.3, -0.25) is 9.69 Å². The highest BCUT2D eigenvalue weighted by atomic mass is 19.3. The van der Waals surface area contributed by atoms with Crippen LogP contribution in [-0.2, 0) is 29.1 Å². The Bertz CT molecular complexity index is 1220. The van der Waals surface area contributed by atoms with Crippen molar-refractivity contribution < 1.29 is 22.8 Å². The van der Waals surface area contributed by atoms with Gasteiger partial charge in [-0.15, -0.1) is 0 Å². The van der Waals surface area contributed by atoms with Crippen LogP contribution in [0.5, 0.6) is 0 Å². The molecule has 172 valence electrons. The van der Waals surface area contributed by atoms with Gasteiger partial charge in [0.25, 0.3) is 11.8 Å². The summed E-state index contributed by atoms with van der Waals surface area (Å²) in [6, 6.07) is 4.58. The molecule has 1 N–H and O–H groups in total. The number of aryl methyl sites for hydroxylation is 1. The van der Waals surface area contributed by atoms with E-state index in [1.807, 2.05) is 6.07 Å². The monoisotopic (exact) mass is 457 g/mol. The van der Waals surface area contributed by atoms with E-state index in [-0.39, 0.29) is 36.4 Å². The Balaban J connectivity index is 1.46. The number of benzene rings is 1. The molecular formula is C23H22F3N5O2. The third-order valence-electron chi connectivity index (χ3n) is 7.51. The normalized spacial score (nSPS) is 27.1. The number of halogens is 3. The molecule has 1 aromatic carbocycles. The number of nitrogens with one attached hydrogen (secondary N) is 1. The Hall–Kier alpha value is -3.17. The minimum absolute atomic E-state index is 0.135. The van der Waals surface area contributed by atoms with E-state index in [9.17, 15) is 22.8 Å². The standard InChI is InChI=1S/C23H22F3N5O2/c1-30-19(32)22(29-21(30)33)7-4-12-10-13(2-3-16(12)22)17-15-5-8-23(25,26)18(15)28-20(27-17)31-9-6-14(31)11-24/h2-3,10,14H,4-9,11H2,1H3,(H,29,33)/t14-,22+/m1/s1. The van der Waals surface area contributed by atoms with Gasteiger partial charge in [0, 0.05) is 31.1 Å². The SMILES string of the molecule is CN1C(=O)N[C@]2(CCc3cc(-c4nc(N5CC[C@@H]5CF)nc5c4CCC5(F)F)ccc32)C1=O. The van der Waals surface area contributed by atoms with E-state index in [0.29, 0.717) is 42.6 Å². The maximum atomic E-state index is 14.6. The Morgan fingerprint density at radius 3 is 2.67 bits per heavy atom. The molecule has 2 aliphatic carbocycles. The van der Waals surface area contributed by atoms with Crippen molar-refractivity contribution in [2.75, 3.05) is 25.2 Å². The van der Waals surface area contributed by atoms with E-state index < -0.39 is 24.2 Å². The van der Waals surface area contributed by atoms with Crippen molar-refractivity contribution in [1.82, 2.24) is 20.2 Å². The number of amides is 3. The van der Waals surface area contributed by atoms with E-state index in [2.05, 4.69) is 15.3 Å². The summed E-state index contributed by atoms with van der Waals surface area (Å²) in [5, 5.41) is 2.82.